The first-order chi connectivity index (χ1) is 11.6. The number of amides is 2. The van der Waals surface area contributed by atoms with Gasteiger partial charge in [-0.15, -0.1) is 0 Å². The van der Waals surface area contributed by atoms with Crippen LogP contribution in [0.3, 0.4) is 0 Å². The fourth-order valence-corrected chi connectivity index (χ4v) is 3.42. The van der Waals surface area contributed by atoms with Gasteiger partial charge in [-0.25, -0.2) is 13.6 Å². The van der Waals surface area contributed by atoms with Gasteiger partial charge in [0.2, 0.25) is 0 Å². The Labute approximate surface area is 140 Å². The summed E-state index contributed by atoms with van der Waals surface area (Å²) in [5.74, 6) is -0.878. The van der Waals surface area contributed by atoms with Crippen LogP contribution in [0.1, 0.15) is 19.3 Å². The summed E-state index contributed by atoms with van der Waals surface area (Å²) in [5, 5.41) is 12.1. The van der Waals surface area contributed by atoms with Crippen LogP contribution in [0.15, 0.2) is 18.2 Å². The van der Waals surface area contributed by atoms with Gasteiger partial charge >= 0.3 is 6.03 Å². The van der Waals surface area contributed by atoms with Crippen LogP contribution in [0.25, 0.3) is 0 Å². The predicted octanol–water partition coefficient (Wildman–Crippen LogP) is 1.96. The van der Waals surface area contributed by atoms with Crippen LogP contribution in [-0.2, 0) is 0 Å². The maximum absolute atomic E-state index is 13.9. The number of piperidine rings is 1. The molecule has 1 aromatic carbocycles. The van der Waals surface area contributed by atoms with E-state index in [0.717, 1.165) is 25.3 Å². The first kappa shape index (κ1) is 17.0. The molecule has 2 aliphatic rings. The Kier molecular flexibility index (Phi) is 5.18. The molecule has 24 heavy (non-hydrogen) atoms. The van der Waals surface area contributed by atoms with Gasteiger partial charge in [-0.05, 0) is 37.3 Å². The van der Waals surface area contributed by atoms with Crippen LogP contribution < -0.4 is 10.2 Å². The lowest BCUT2D eigenvalue weighted by Gasteiger charge is -2.32. The number of nitrogens with zero attached hydrogens (tertiary/aromatic N) is 2. The van der Waals surface area contributed by atoms with Gasteiger partial charge in [-0.2, -0.15) is 0 Å². The van der Waals surface area contributed by atoms with E-state index < -0.39 is 11.6 Å². The number of likely N-dealkylation sites (tertiary alicyclic amines) is 1. The highest BCUT2D eigenvalue weighted by Crippen LogP contribution is 2.24. The number of anilines is 1. The standard InChI is InChI=1S/C17H23F2N3O2/c18-13-1-2-16(15(19)9-13)22-8-5-14(10-22)20-17(24)21-6-3-12(11-23)4-7-21/h1-2,9,12,14,23H,3-8,10-11H2,(H,20,24). The van der Waals surface area contributed by atoms with Gasteiger partial charge in [-0.3, -0.25) is 0 Å². The van der Waals surface area contributed by atoms with E-state index in [1.165, 1.54) is 12.1 Å². The zero-order valence-electron chi connectivity index (χ0n) is 13.5. The Morgan fingerprint density at radius 3 is 2.62 bits per heavy atom. The number of rotatable bonds is 3. The zero-order chi connectivity index (χ0) is 17.1. The fraction of sp³-hybridized carbons (Fsp3) is 0.588. The summed E-state index contributed by atoms with van der Waals surface area (Å²) in [6.07, 6.45) is 2.37. The van der Waals surface area contributed by atoms with Gasteiger partial charge in [0.25, 0.3) is 0 Å². The largest absolute Gasteiger partial charge is 0.396 e. The van der Waals surface area contributed by atoms with Crippen molar-refractivity contribution in [3.05, 3.63) is 29.8 Å². The molecule has 2 fully saturated rings. The average molecular weight is 339 g/mol. The zero-order valence-corrected chi connectivity index (χ0v) is 13.5. The van der Waals surface area contributed by atoms with Gasteiger partial charge in [0.1, 0.15) is 11.6 Å². The molecule has 0 bridgehead atoms. The monoisotopic (exact) mass is 339 g/mol. The number of carbonyl (C=O) groups is 1. The second-order valence-corrected chi connectivity index (χ2v) is 6.59. The maximum atomic E-state index is 13.9. The minimum atomic E-state index is -0.591. The van der Waals surface area contributed by atoms with Crippen LogP contribution in [0, 0.1) is 17.6 Å². The fourth-order valence-electron chi connectivity index (χ4n) is 3.42. The molecule has 132 valence electrons. The van der Waals surface area contributed by atoms with Crippen molar-refractivity contribution in [2.24, 2.45) is 5.92 Å². The van der Waals surface area contributed by atoms with Crippen molar-refractivity contribution in [1.82, 2.24) is 10.2 Å². The maximum Gasteiger partial charge on any atom is 0.317 e. The topological polar surface area (TPSA) is 55.8 Å². The lowest BCUT2D eigenvalue weighted by atomic mass is 9.98. The van der Waals surface area contributed by atoms with E-state index in [2.05, 4.69) is 5.32 Å². The minimum absolute atomic E-state index is 0.0440. The molecule has 1 unspecified atom stereocenters. The molecule has 0 saturated carbocycles. The SMILES string of the molecule is O=C(NC1CCN(c2ccc(F)cc2F)C1)N1CCC(CO)CC1. The second kappa shape index (κ2) is 7.34. The average Bonchev–Trinajstić information content (AvgIpc) is 3.03. The number of benzene rings is 1. The molecule has 0 aromatic heterocycles. The van der Waals surface area contributed by atoms with E-state index in [9.17, 15) is 13.6 Å². The number of aliphatic hydroxyl groups is 1. The van der Waals surface area contributed by atoms with Crippen LogP contribution in [0.5, 0.6) is 0 Å². The van der Waals surface area contributed by atoms with Gasteiger partial charge in [0, 0.05) is 44.9 Å². The number of hydrogen-bond donors (Lipinski definition) is 2. The molecule has 0 aliphatic carbocycles. The van der Waals surface area contributed by atoms with Crippen molar-refractivity contribution < 1.29 is 18.7 Å². The van der Waals surface area contributed by atoms with Gasteiger partial charge < -0.3 is 20.2 Å². The lowest BCUT2D eigenvalue weighted by molar-refractivity contribution is 0.136. The summed E-state index contributed by atoms with van der Waals surface area (Å²) in [7, 11) is 0. The Balaban J connectivity index is 1.52. The molecule has 0 spiro atoms. The third-order valence-corrected chi connectivity index (χ3v) is 4.93. The van der Waals surface area contributed by atoms with Crippen molar-refractivity contribution >= 4 is 11.7 Å². The molecule has 0 radical (unpaired) electrons. The molecular weight excluding hydrogens is 316 g/mol. The summed E-state index contributed by atoms with van der Waals surface area (Å²) in [5.41, 5.74) is 0.372. The Bertz CT molecular complexity index is 591. The summed E-state index contributed by atoms with van der Waals surface area (Å²) >= 11 is 0. The molecule has 2 aliphatic heterocycles. The van der Waals surface area contributed by atoms with Gasteiger partial charge in [-0.1, -0.05) is 0 Å². The first-order valence-electron chi connectivity index (χ1n) is 8.43. The van der Waals surface area contributed by atoms with Gasteiger partial charge in [0.15, 0.2) is 0 Å². The van der Waals surface area contributed by atoms with Crippen molar-refractivity contribution in [3.63, 3.8) is 0 Å². The van der Waals surface area contributed by atoms with E-state index >= 15 is 0 Å². The van der Waals surface area contributed by atoms with Crippen LogP contribution in [0.2, 0.25) is 0 Å². The molecule has 2 N–H and O–H groups in total. The molecule has 2 amide bonds. The third kappa shape index (κ3) is 3.77. The van der Waals surface area contributed by atoms with Crippen molar-refractivity contribution in [3.8, 4) is 0 Å². The first-order valence-corrected chi connectivity index (χ1v) is 8.43. The van der Waals surface area contributed by atoms with Crippen LogP contribution >= 0.6 is 0 Å². The molecule has 5 nitrogen and oxygen atoms in total. The highest BCUT2D eigenvalue weighted by Gasteiger charge is 2.28. The summed E-state index contributed by atoms with van der Waals surface area (Å²) < 4.78 is 26.9. The van der Waals surface area contributed by atoms with E-state index in [1.54, 1.807) is 4.90 Å². The van der Waals surface area contributed by atoms with Crippen molar-refractivity contribution in [2.75, 3.05) is 37.7 Å². The van der Waals surface area contributed by atoms with E-state index in [4.69, 9.17) is 5.11 Å². The molecule has 3 rings (SSSR count). The van der Waals surface area contributed by atoms with E-state index in [1.807, 2.05) is 4.90 Å². The van der Waals surface area contributed by atoms with Crippen LogP contribution in [0.4, 0.5) is 19.3 Å². The molecule has 2 heterocycles. The molecule has 2 saturated heterocycles. The quantitative estimate of drug-likeness (QED) is 0.885. The second-order valence-electron chi connectivity index (χ2n) is 6.59. The van der Waals surface area contributed by atoms with E-state index in [0.29, 0.717) is 31.9 Å². The normalized spacial score (nSPS) is 22.0. The highest BCUT2D eigenvalue weighted by molar-refractivity contribution is 5.74. The predicted molar refractivity (Wildman–Crippen MR) is 86.9 cm³/mol. The molecular formula is C17H23F2N3O2. The molecule has 1 atom stereocenters. The van der Waals surface area contributed by atoms with E-state index in [-0.39, 0.29) is 24.6 Å². The number of carbonyl (C=O) groups excluding carboxylic acids is 1. The smallest absolute Gasteiger partial charge is 0.317 e. The number of aliphatic hydroxyl groups excluding tert-OH is 1. The minimum Gasteiger partial charge on any atom is -0.396 e. The number of hydrogen-bond acceptors (Lipinski definition) is 3. The third-order valence-electron chi connectivity index (χ3n) is 4.93. The van der Waals surface area contributed by atoms with Crippen molar-refractivity contribution in [1.29, 1.82) is 0 Å². The summed E-state index contributed by atoms with van der Waals surface area (Å²) in [6, 6.07) is 3.42. The lowest BCUT2D eigenvalue weighted by Crippen LogP contribution is -2.48. The Hall–Kier alpha value is -1.89. The van der Waals surface area contributed by atoms with Crippen LogP contribution in [-0.4, -0.2) is 54.9 Å². The Morgan fingerprint density at radius 1 is 1.21 bits per heavy atom. The summed E-state index contributed by atoms with van der Waals surface area (Å²) in [4.78, 5) is 15.9. The van der Waals surface area contributed by atoms with Gasteiger partial charge in [0.05, 0.1) is 5.69 Å². The Morgan fingerprint density at radius 2 is 1.96 bits per heavy atom. The number of urea groups is 1. The highest BCUT2D eigenvalue weighted by atomic mass is 19.1. The molecule has 1 aromatic rings. The number of nitrogens with one attached hydrogen (secondary N) is 1. The van der Waals surface area contributed by atoms with Crippen molar-refractivity contribution in [2.45, 2.75) is 25.3 Å². The molecule has 7 heteroatoms. The number of halogens is 2. The summed E-state index contributed by atoms with van der Waals surface area (Å²) in [6.45, 7) is 2.62.